The van der Waals surface area contributed by atoms with Crippen molar-refractivity contribution in [1.29, 1.82) is 0 Å². The van der Waals surface area contributed by atoms with Crippen LogP contribution < -0.4 is 5.32 Å². The zero-order valence-corrected chi connectivity index (χ0v) is 10.9. The van der Waals surface area contributed by atoms with Gasteiger partial charge in [0.05, 0.1) is 5.56 Å². The van der Waals surface area contributed by atoms with Gasteiger partial charge in [0, 0.05) is 18.1 Å². The first-order chi connectivity index (χ1) is 10.0. The average Bonchev–Trinajstić information content (AvgIpc) is 2.92. The second-order valence-electron chi connectivity index (χ2n) is 4.62. The summed E-state index contributed by atoms with van der Waals surface area (Å²) in [6, 6.07) is 11.0. The average molecular weight is 291 g/mol. The van der Waals surface area contributed by atoms with Gasteiger partial charge in [0.25, 0.3) is 0 Å². The molecule has 0 saturated carbocycles. The molecule has 1 aromatic carbocycles. The minimum absolute atomic E-state index is 0.0644. The van der Waals surface area contributed by atoms with Gasteiger partial charge in [0.1, 0.15) is 11.5 Å². The molecule has 0 bridgehead atoms. The molecule has 6 heteroatoms. The van der Waals surface area contributed by atoms with Crippen molar-refractivity contribution >= 4 is 16.9 Å². The first kappa shape index (κ1) is 13.5. The summed E-state index contributed by atoms with van der Waals surface area (Å²) in [6.45, 7) is 0.0644. The fourth-order valence-electron chi connectivity index (χ4n) is 2.17. The van der Waals surface area contributed by atoms with Gasteiger partial charge >= 0.3 is 6.18 Å². The van der Waals surface area contributed by atoms with Gasteiger partial charge in [-0.25, -0.2) is 4.98 Å². The van der Waals surface area contributed by atoms with Crippen molar-refractivity contribution in [2.75, 3.05) is 5.32 Å². The molecule has 2 N–H and O–H groups in total. The minimum atomic E-state index is -4.35. The summed E-state index contributed by atoms with van der Waals surface area (Å²) in [5, 5.41) is 3.88. The third-order valence-electron chi connectivity index (χ3n) is 3.19. The Hall–Kier alpha value is -2.50. The number of aromatic amines is 1. The molecule has 0 atom stereocenters. The van der Waals surface area contributed by atoms with Crippen LogP contribution in [0.2, 0.25) is 0 Å². The highest BCUT2D eigenvalue weighted by Crippen LogP contribution is 2.32. The van der Waals surface area contributed by atoms with Gasteiger partial charge in [-0.1, -0.05) is 18.2 Å². The van der Waals surface area contributed by atoms with Crippen LogP contribution in [0, 0.1) is 0 Å². The van der Waals surface area contributed by atoms with Gasteiger partial charge in [0.15, 0.2) is 0 Å². The van der Waals surface area contributed by atoms with Crippen molar-refractivity contribution < 1.29 is 13.2 Å². The first-order valence-corrected chi connectivity index (χ1v) is 6.37. The number of hydrogen-bond acceptors (Lipinski definition) is 2. The smallest absolute Gasteiger partial charge is 0.366 e. The van der Waals surface area contributed by atoms with Crippen LogP contribution >= 0.6 is 0 Å². The maximum atomic E-state index is 12.9. The number of rotatable bonds is 3. The monoisotopic (exact) mass is 291 g/mol. The number of alkyl halides is 3. The lowest BCUT2D eigenvalue weighted by atomic mass is 10.1. The maximum absolute atomic E-state index is 12.9. The number of nitrogens with one attached hydrogen (secondary N) is 2. The van der Waals surface area contributed by atoms with Crippen LogP contribution in [0.5, 0.6) is 0 Å². The molecule has 108 valence electrons. The van der Waals surface area contributed by atoms with E-state index in [9.17, 15) is 13.2 Å². The van der Waals surface area contributed by atoms with Crippen LogP contribution in [0.15, 0.2) is 48.7 Å². The second kappa shape index (κ2) is 5.12. The largest absolute Gasteiger partial charge is 0.416 e. The van der Waals surface area contributed by atoms with E-state index in [4.69, 9.17) is 0 Å². The van der Waals surface area contributed by atoms with Gasteiger partial charge in [0.2, 0.25) is 0 Å². The third kappa shape index (κ3) is 2.84. The number of pyridine rings is 1. The Bertz CT molecular complexity index is 762. The number of nitrogens with zero attached hydrogens (tertiary/aromatic N) is 1. The molecule has 0 aliphatic heterocycles. The van der Waals surface area contributed by atoms with E-state index in [-0.39, 0.29) is 12.1 Å². The summed E-state index contributed by atoms with van der Waals surface area (Å²) in [5.41, 5.74) is 0.265. The molecule has 0 aliphatic rings. The second-order valence-corrected chi connectivity index (χ2v) is 4.62. The number of benzene rings is 1. The Labute approximate surface area is 118 Å². The summed E-state index contributed by atoms with van der Waals surface area (Å²) < 4.78 is 38.7. The van der Waals surface area contributed by atoms with Crippen molar-refractivity contribution in [1.82, 2.24) is 9.97 Å². The van der Waals surface area contributed by atoms with E-state index in [1.54, 1.807) is 18.3 Å². The molecule has 0 radical (unpaired) electrons. The Kier molecular flexibility index (Phi) is 3.29. The zero-order chi connectivity index (χ0) is 14.9. The molecule has 21 heavy (non-hydrogen) atoms. The molecule has 3 nitrogen and oxygen atoms in total. The van der Waals surface area contributed by atoms with Crippen molar-refractivity contribution in [2.24, 2.45) is 0 Å². The molecule has 0 saturated heterocycles. The van der Waals surface area contributed by atoms with Crippen LogP contribution in [-0.2, 0) is 12.7 Å². The minimum Gasteiger partial charge on any atom is -0.366 e. The van der Waals surface area contributed by atoms with Crippen molar-refractivity contribution in [2.45, 2.75) is 12.7 Å². The van der Waals surface area contributed by atoms with Gasteiger partial charge in [-0.15, -0.1) is 0 Å². The maximum Gasteiger partial charge on any atom is 0.416 e. The lowest BCUT2D eigenvalue weighted by molar-refractivity contribution is -0.138. The van der Waals surface area contributed by atoms with Gasteiger partial charge in [-0.3, -0.25) is 0 Å². The van der Waals surface area contributed by atoms with E-state index >= 15 is 0 Å². The first-order valence-electron chi connectivity index (χ1n) is 6.37. The molecular weight excluding hydrogens is 279 g/mol. The summed E-state index contributed by atoms with van der Waals surface area (Å²) in [6.07, 6.45) is -2.59. The Morgan fingerprint density at radius 1 is 1.05 bits per heavy atom. The van der Waals surface area contributed by atoms with Crippen LogP contribution in [-0.4, -0.2) is 9.97 Å². The SMILES string of the molecule is FC(F)(F)c1ccccc1CNc1ccc2cc[nH]c2n1. The topological polar surface area (TPSA) is 40.7 Å². The number of fused-ring (bicyclic) bond motifs is 1. The molecule has 3 aromatic rings. The van der Waals surface area contributed by atoms with Crippen LogP contribution in [0.1, 0.15) is 11.1 Å². The Balaban J connectivity index is 1.81. The van der Waals surface area contributed by atoms with E-state index in [0.29, 0.717) is 11.5 Å². The van der Waals surface area contributed by atoms with Crippen molar-refractivity contribution in [3.05, 3.63) is 59.8 Å². The normalized spacial score (nSPS) is 11.8. The van der Waals surface area contributed by atoms with Gasteiger partial charge in [-0.2, -0.15) is 13.2 Å². The van der Waals surface area contributed by atoms with Crippen molar-refractivity contribution in [3.8, 4) is 0 Å². The fraction of sp³-hybridized carbons (Fsp3) is 0.133. The van der Waals surface area contributed by atoms with E-state index < -0.39 is 11.7 Å². The van der Waals surface area contributed by atoms with E-state index in [0.717, 1.165) is 11.5 Å². The quantitative estimate of drug-likeness (QED) is 0.759. The number of anilines is 1. The zero-order valence-electron chi connectivity index (χ0n) is 10.9. The molecule has 0 fully saturated rings. The Morgan fingerprint density at radius 2 is 1.86 bits per heavy atom. The summed E-state index contributed by atoms with van der Waals surface area (Å²) in [5.74, 6) is 0.530. The summed E-state index contributed by atoms with van der Waals surface area (Å²) >= 11 is 0. The lowest BCUT2D eigenvalue weighted by Crippen LogP contribution is -2.12. The highest BCUT2D eigenvalue weighted by atomic mass is 19.4. The predicted molar refractivity (Wildman–Crippen MR) is 74.9 cm³/mol. The van der Waals surface area contributed by atoms with E-state index in [1.165, 1.54) is 12.1 Å². The summed E-state index contributed by atoms with van der Waals surface area (Å²) in [4.78, 5) is 7.26. The van der Waals surface area contributed by atoms with E-state index in [1.807, 2.05) is 12.1 Å². The fourth-order valence-corrected chi connectivity index (χ4v) is 2.17. The van der Waals surface area contributed by atoms with E-state index in [2.05, 4.69) is 15.3 Å². The number of hydrogen-bond donors (Lipinski definition) is 2. The number of halogens is 3. The van der Waals surface area contributed by atoms with Crippen molar-refractivity contribution in [3.63, 3.8) is 0 Å². The molecular formula is C15H12F3N3. The highest BCUT2D eigenvalue weighted by molar-refractivity contribution is 5.77. The standard InChI is InChI=1S/C15H12F3N3/c16-15(17,18)12-4-2-1-3-11(12)9-20-13-6-5-10-7-8-19-14(10)21-13/h1-8H,9H2,(H2,19,20,21). The number of aromatic nitrogens is 2. The lowest BCUT2D eigenvalue weighted by Gasteiger charge is -2.13. The molecule has 3 rings (SSSR count). The molecule has 2 aromatic heterocycles. The van der Waals surface area contributed by atoms with Gasteiger partial charge < -0.3 is 10.3 Å². The number of H-pyrrole nitrogens is 1. The Morgan fingerprint density at radius 3 is 2.67 bits per heavy atom. The molecule has 0 amide bonds. The molecule has 0 unspecified atom stereocenters. The van der Waals surface area contributed by atoms with Crippen LogP contribution in [0.25, 0.3) is 11.0 Å². The summed E-state index contributed by atoms with van der Waals surface area (Å²) in [7, 11) is 0. The van der Waals surface area contributed by atoms with Crippen LogP contribution in [0.3, 0.4) is 0 Å². The molecule has 0 aliphatic carbocycles. The molecule has 2 heterocycles. The van der Waals surface area contributed by atoms with Crippen LogP contribution in [0.4, 0.5) is 19.0 Å². The molecule has 0 spiro atoms. The van der Waals surface area contributed by atoms with Gasteiger partial charge in [-0.05, 0) is 29.8 Å². The predicted octanol–water partition coefficient (Wildman–Crippen LogP) is 4.19. The highest BCUT2D eigenvalue weighted by Gasteiger charge is 2.32. The third-order valence-corrected chi connectivity index (χ3v) is 3.19.